The lowest BCUT2D eigenvalue weighted by Gasteiger charge is -2.34. The fraction of sp³-hybridized carbons (Fsp3) is 0.304. The van der Waals surface area contributed by atoms with Crippen LogP contribution in [0.1, 0.15) is 37.3 Å². The minimum absolute atomic E-state index is 0.00301. The number of nitrogens with one attached hydrogen (secondary N) is 1. The van der Waals surface area contributed by atoms with Gasteiger partial charge < -0.3 is 10.0 Å². The van der Waals surface area contributed by atoms with E-state index in [2.05, 4.69) is 17.6 Å². The number of likely N-dealkylation sites (tertiary alicyclic amines) is 1. The van der Waals surface area contributed by atoms with E-state index in [0.29, 0.717) is 6.54 Å². The van der Waals surface area contributed by atoms with Gasteiger partial charge in [-0.25, -0.2) is 5.43 Å². The largest absolute Gasteiger partial charge is 0.481 e. The van der Waals surface area contributed by atoms with Crippen LogP contribution in [0.25, 0.3) is 0 Å². The fourth-order valence-electron chi connectivity index (χ4n) is 4.19. The molecule has 0 aromatic heterocycles. The number of amides is 1. The fourth-order valence-corrected chi connectivity index (χ4v) is 4.19. The third kappa shape index (κ3) is 4.17. The first-order chi connectivity index (χ1) is 14.1. The monoisotopic (exact) mass is 391 g/mol. The van der Waals surface area contributed by atoms with Gasteiger partial charge >= 0.3 is 5.97 Å². The van der Waals surface area contributed by atoms with Crippen molar-refractivity contribution in [3.63, 3.8) is 0 Å². The molecule has 3 heterocycles. The standard InChI is InChI=1S/C23H25N3O3/c27-21(25-14-6-4-10-18(25)16-22(28)29)13-12-19-20-11-5-7-15-26(20)24-23(19)17-8-2-1-3-9-17/h1-3,5,7-9,11-13,15,18,23-24H,4,6,10,14,16H2,(H,28,29)/b13-12+. The van der Waals surface area contributed by atoms with Gasteiger partial charge in [0.05, 0.1) is 18.2 Å². The number of fused-ring (bicyclic) bond motifs is 1. The lowest BCUT2D eigenvalue weighted by molar-refractivity contribution is -0.140. The van der Waals surface area contributed by atoms with Crippen molar-refractivity contribution in [3.05, 3.63) is 83.7 Å². The van der Waals surface area contributed by atoms with Crippen LogP contribution >= 0.6 is 0 Å². The Hall–Kier alpha value is -3.12. The van der Waals surface area contributed by atoms with E-state index in [9.17, 15) is 9.59 Å². The molecule has 1 aromatic carbocycles. The molecule has 1 saturated heterocycles. The van der Waals surface area contributed by atoms with Crippen LogP contribution in [0.2, 0.25) is 0 Å². The average molecular weight is 391 g/mol. The van der Waals surface area contributed by atoms with Gasteiger partial charge in [0, 0.05) is 30.4 Å². The average Bonchev–Trinajstić information content (AvgIpc) is 3.11. The molecular weight excluding hydrogens is 366 g/mol. The number of carboxylic acids is 1. The maximum atomic E-state index is 12.9. The number of carbonyl (C=O) groups excluding carboxylic acids is 1. The van der Waals surface area contributed by atoms with Gasteiger partial charge in [-0.15, -0.1) is 0 Å². The minimum Gasteiger partial charge on any atom is -0.481 e. The molecule has 6 nitrogen and oxygen atoms in total. The first-order valence-corrected chi connectivity index (χ1v) is 10.0. The van der Waals surface area contributed by atoms with Gasteiger partial charge in [0.1, 0.15) is 0 Å². The van der Waals surface area contributed by atoms with Crippen LogP contribution in [0.3, 0.4) is 0 Å². The van der Waals surface area contributed by atoms with Crippen LogP contribution < -0.4 is 5.43 Å². The van der Waals surface area contributed by atoms with Crippen LogP contribution in [-0.4, -0.2) is 39.5 Å². The summed E-state index contributed by atoms with van der Waals surface area (Å²) in [7, 11) is 0. The number of benzene rings is 1. The molecule has 2 unspecified atom stereocenters. The third-order valence-corrected chi connectivity index (χ3v) is 5.59. The van der Waals surface area contributed by atoms with Crippen molar-refractivity contribution in [2.75, 3.05) is 6.54 Å². The molecule has 1 amide bonds. The van der Waals surface area contributed by atoms with Gasteiger partial charge in [-0.1, -0.05) is 36.4 Å². The van der Waals surface area contributed by atoms with E-state index >= 15 is 0 Å². The highest BCUT2D eigenvalue weighted by Gasteiger charge is 2.30. The molecule has 0 radical (unpaired) electrons. The number of rotatable bonds is 5. The van der Waals surface area contributed by atoms with Crippen LogP contribution in [0.4, 0.5) is 0 Å². The molecule has 150 valence electrons. The van der Waals surface area contributed by atoms with Gasteiger partial charge in [-0.2, -0.15) is 0 Å². The highest BCUT2D eigenvalue weighted by molar-refractivity contribution is 5.89. The van der Waals surface area contributed by atoms with Crippen LogP contribution in [0.15, 0.2) is 78.2 Å². The molecule has 3 aliphatic rings. The highest BCUT2D eigenvalue weighted by Crippen LogP contribution is 2.35. The maximum absolute atomic E-state index is 12.9. The molecule has 4 rings (SSSR count). The summed E-state index contributed by atoms with van der Waals surface area (Å²) in [5.74, 6) is -0.979. The number of piperidine rings is 1. The second kappa shape index (κ2) is 8.49. The Morgan fingerprint density at radius 1 is 1.17 bits per heavy atom. The molecule has 0 spiro atoms. The van der Waals surface area contributed by atoms with Gasteiger partial charge in [0.25, 0.3) is 0 Å². The van der Waals surface area contributed by atoms with Crippen molar-refractivity contribution in [3.8, 4) is 0 Å². The van der Waals surface area contributed by atoms with Crippen molar-refractivity contribution in [1.82, 2.24) is 15.3 Å². The molecule has 3 aliphatic heterocycles. The molecule has 1 fully saturated rings. The van der Waals surface area contributed by atoms with E-state index in [1.807, 2.05) is 53.7 Å². The van der Waals surface area contributed by atoms with Crippen molar-refractivity contribution in [2.45, 2.75) is 37.8 Å². The second-order valence-electron chi connectivity index (χ2n) is 7.50. The first-order valence-electron chi connectivity index (χ1n) is 10.0. The number of carbonyl (C=O) groups is 2. The predicted molar refractivity (Wildman–Crippen MR) is 110 cm³/mol. The zero-order valence-corrected chi connectivity index (χ0v) is 16.2. The molecular formula is C23H25N3O3. The van der Waals surface area contributed by atoms with Crippen molar-refractivity contribution < 1.29 is 14.7 Å². The van der Waals surface area contributed by atoms with E-state index in [1.165, 1.54) is 0 Å². The Labute approximate surface area is 170 Å². The van der Waals surface area contributed by atoms with E-state index in [0.717, 1.165) is 36.1 Å². The number of allylic oxidation sites excluding steroid dienone is 3. The molecule has 0 aliphatic carbocycles. The summed E-state index contributed by atoms with van der Waals surface area (Å²) < 4.78 is 0. The summed E-state index contributed by atoms with van der Waals surface area (Å²) in [4.78, 5) is 25.8. The maximum Gasteiger partial charge on any atom is 0.305 e. The lowest BCUT2D eigenvalue weighted by Crippen LogP contribution is -2.44. The molecule has 0 saturated carbocycles. The van der Waals surface area contributed by atoms with Crippen molar-refractivity contribution in [2.24, 2.45) is 0 Å². The molecule has 2 atom stereocenters. The number of hydrogen-bond acceptors (Lipinski definition) is 4. The van der Waals surface area contributed by atoms with Gasteiger partial charge in [0.15, 0.2) is 0 Å². The summed E-state index contributed by atoms with van der Waals surface area (Å²) in [6.07, 6.45) is 14.0. The topological polar surface area (TPSA) is 72.9 Å². The number of hydrazine groups is 1. The van der Waals surface area contributed by atoms with E-state index < -0.39 is 5.97 Å². The Balaban J connectivity index is 1.58. The SMILES string of the molecule is O=C(O)CC1CCCCN1C(=O)/C=C/C1=C2C=CC=CN2NC1c1ccccc1. The first kappa shape index (κ1) is 19.2. The number of aliphatic carboxylic acids is 1. The Morgan fingerprint density at radius 2 is 2.00 bits per heavy atom. The lowest BCUT2D eigenvalue weighted by atomic mass is 9.97. The normalized spacial score (nSPS) is 23.7. The number of carboxylic acid groups (broad SMARTS) is 1. The summed E-state index contributed by atoms with van der Waals surface area (Å²) in [6, 6.07) is 9.83. The summed E-state index contributed by atoms with van der Waals surface area (Å²) in [6.45, 7) is 0.613. The van der Waals surface area contributed by atoms with Crippen LogP contribution in [-0.2, 0) is 9.59 Å². The molecule has 0 bridgehead atoms. The van der Waals surface area contributed by atoms with Crippen molar-refractivity contribution in [1.29, 1.82) is 0 Å². The zero-order chi connectivity index (χ0) is 20.2. The summed E-state index contributed by atoms with van der Waals surface area (Å²) >= 11 is 0. The van der Waals surface area contributed by atoms with Gasteiger partial charge in [-0.3, -0.25) is 14.6 Å². The summed E-state index contributed by atoms with van der Waals surface area (Å²) in [5.41, 5.74) is 6.60. The molecule has 29 heavy (non-hydrogen) atoms. The highest BCUT2D eigenvalue weighted by atomic mass is 16.4. The third-order valence-electron chi connectivity index (χ3n) is 5.59. The van der Waals surface area contributed by atoms with Gasteiger partial charge in [-0.05, 0) is 43.1 Å². The number of hydrogen-bond donors (Lipinski definition) is 2. The molecule has 6 heteroatoms. The van der Waals surface area contributed by atoms with E-state index in [4.69, 9.17) is 5.11 Å². The quantitative estimate of drug-likeness (QED) is 0.754. The number of nitrogens with zero attached hydrogens (tertiary/aromatic N) is 2. The smallest absolute Gasteiger partial charge is 0.305 e. The van der Waals surface area contributed by atoms with Crippen molar-refractivity contribution >= 4 is 11.9 Å². The molecule has 1 aromatic rings. The molecule has 2 N–H and O–H groups in total. The zero-order valence-electron chi connectivity index (χ0n) is 16.2. The Bertz CT molecular complexity index is 901. The summed E-state index contributed by atoms with van der Waals surface area (Å²) in [5, 5.41) is 11.1. The Morgan fingerprint density at radius 3 is 2.79 bits per heavy atom. The van der Waals surface area contributed by atoms with E-state index in [-0.39, 0.29) is 24.4 Å². The Kier molecular flexibility index (Phi) is 5.62. The van der Waals surface area contributed by atoms with Crippen LogP contribution in [0, 0.1) is 0 Å². The minimum atomic E-state index is -0.859. The predicted octanol–water partition coefficient (Wildman–Crippen LogP) is 3.30. The van der Waals surface area contributed by atoms with Gasteiger partial charge in [0.2, 0.25) is 5.91 Å². The van der Waals surface area contributed by atoms with Crippen LogP contribution in [0.5, 0.6) is 0 Å². The van der Waals surface area contributed by atoms with E-state index in [1.54, 1.807) is 11.0 Å². The second-order valence-corrected chi connectivity index (χ2v) is 7.50.